The van der Waals surface area contributed by atoms with Crippen LogP contribution in [0.3, 0.4) is 0 Å². The standard InChI is InChI=1S/C8H11N.Os/c1-9(2)8-6-4-3-5-7-8;/h3-7H,1-2H3;/q;+4. The van der Waals surface area contributed by atoms with Crippen LogP contribution in [0.4, 0.5) is 5.69 Å². The third-order valence-electron chi connectivity index (χ3n) is 1.27. The van der Waals surface area contributed by atoms with Gasteiger partial charge in [-0.3, -0.25) is 0 Å². The molecule has 52 valence electrons. The summed E-state index contributed by atoms with van der Waals surface area (Å²) in [6, 6.07) is 10.3. The van der Waals surface area contributed by atoms with Crippen molar-refractivity contribution in [1.29, 1.82) is 0 Å². The van der Waals surface area contributed by atoms with Crippen LogP contribution in [0.15, 0.2) is 30.3 Å². The van der Waals surface area contributed by atoms with Gasteiger partial charge in [-0.15, -0.1) is 0 Å². The van der Waals surface area contributed by atoms with Gasteiger partial charge >= 0.3 is 19.8 Å². The Labute approximate surface area is 75.1 Å². The minimum atomic E-state index is 0. The molecule has 10 heavy (non-hydrogen) atoms. The van der Waals surface area contributed by atoms with Crippen molar-refractivity contribution in [2.24, 2.45) is 0 Å². The van der Waals surface area contributed by atoms with Crippen LogP contribution in [0, 0.1) is 0 Å². The Morgan fingerprint density at radius 1 is 1.00 bits per heavy atom. The number of benzene rings is 1. The predicted molar refractivity (Wildman–Crippen MR) is 40.8 cm³/mol. The number of hydrogen-bond acceptors (Lipinski definition) is 1. The molecule has 0 bridgehead atoms. The molecule has 0 aliphatic heterocycles. The van der Waals surface area contributed by atoms with Crippen molar-refractivity contribution >= 4 is 5.69 Å². The molecule has 1 aromatic rings. The molecule has 0 fully saturated rings. The molecule has 0 aliphatic carbocycles. The summed E-state index contributed by atoms with van der Waals surface area (Å²) in [4.78, 5) is 2.08. The molecule has 0 aliphatic rings. The number of hydrogen-bond donors (Lipinski definition) is 0. The van der Waals surface area contributed by atoms with Gasteiger partial charge in [-0.25, -0.2) is 0 Å². The van der Waals surface area contributed by atoms with Gasteiger partial charge in [0.2, 0.25) is 0 Å². The molecule has 1 aromatic carbocycles. The molecule has 1 rings (SSSR count). The summed E-state index contributed by atoms with van der Waals surface area (Å²) >= 11 is 0. The third kappa shape index (κ3) is 2.50. The van der Waals surface area contributed by atoms with E-state index in [4.69, 9.17) is 0 Å². The number of rotatable bonds is 1. The van der Waals surface area contributed by atoms with Gasteiger partial charge in [0.1, 0.15) is 0 Å². The molecule has 0 unspecified atom stereocenters. The molecule has 0 radical (unpaired) electrons. The molecule has 1 nitrogen and oxygen atoms in total. The van der Waals surface area contributed by atoms with Crippen LogP contribution < -0.4 is 4.90 Å². The minimum Gasteiger partial charge on any atom is -0.378 e. The first-order chi connectivity index (χ1) is 4.30. The Hall–Kier alpha value is -0.344. The third-order valence-corrected chi connectivity index (χ3v) is 1.27. The first-order valence-corrected chi connectivity index (χ1v) is 3.03. The molecule has 0 saturated heterocycles. The van der Waals surface area contributed by atoms with E-state index < -0.39 is 0 Å². The molecule has 0 saturated carbocycles. The monoisotopic (exact) mass is 313 g/mol. The van der Waals surface area contributed by atoms with Crippen molar-refractivity contribution in [3.63, 3.8) is 0 Å². The van der Waals surface area contributed by atoms with E-state index in [1.807, 2.05) is 32.3 Å². The Morgan fingerprint density at radius 2 is 1.50 bits per heavy atom. The van der Waals surface area contributed by atoms with Gasteiger partial charge < -0.3 is 4.90 Å². The van der Waals surface area contributed by atoms with E-state index in [9.17, 15) is 0 Å². The maximum atomic E-state index is 2.08. The van der Waals surface area contributed by atoms with Gasteiger partial charge in [0.05, 0.1) is 0 Å². The fourth-order valence-electron chi connectivity index (χ4n) is 0.726. The van der Waals surface area contributed by atoms with Crippen LogP contribution in [-0.4, -0.2) is 14.1 Å². The maximum absolute atomic E-state index is 2.08. The smallest absolute Gasteiger partial charge is 0.378 e. The van der Waals surface area contributed by atoms with Crippen LogP contribution in [0.5, 0.6) is 0 Å². The van der Waals surface area contributed by atoms with E-state index in [0.29, 0.717) is 0 Å². The average Bonchev–Trinajstić information content (AvgIpc) is 1.90. The topological polar surface area (TPSA) is 3.24 Å². The van der Waals surface area contributed by atoms with E-state index in [0.717, 1.165) is 0 Å². The molecule has 2 heteroatoms. The van der Waals surface area contributed by atoms with Crippen LogP contribution in [0.25, 0.3) is 0 Å². The average molecular weight is 311 g/mol. The summed E-state index contributed by atoms with van der Waals surface area (Å²) in [7, 11) is 4.07. The Kier molecular flexibility index (Phi) is 4.31. The maximum Gasteiger partial charge on any atom is 4.00 e. The molecule has 0 N–H and O–H groups in total. The quantitative estimate of drug-likeness (QED) is 0.764. The summed E-state index contributed by atoms with van der Waals surface area (Å²) in [6.45, 7) is 0. The molecular formula is C8H11NOs+4. The molecule has 0 aromatic heterocycles. The van der Waals surface area contributed by atoms with Gasteiger partial charge in [0.25, 0.3) is 0 Å². The van der Waals surface area contributed by atoms with Crippen molar-refractivity contribution < 1.29 is 19.8 Å². The molecule has 0 amide bonds. The van der Waals surface area contributed by atoms with Gasteiger partial charge in [-0.2, -0.15) is 0 Å². The van der Waals surface area contributed by atoms with Gasteiger partial charge in [0, 0.05) is 19.8 Å². The van der Waals surface area contributed by atoms with E-state index in [1.165, 1.54) is 5.69 Å². The zero-order valence-electron chi connectivity index (χ0n) is 6.19. The van der Waals surface area contributed by atoms with Crippen molar-refractivity contribution in [3.05, 3.63) is 30.3 Å². The van der Waals surface area contributed by atoms with Gasteiger partial charge in [-0.05, 0) is 12.1 Å². The largest absolute Gasteiger partial charge is 4.00 e. The first-order valence-electron chi connectivity index (χ1n) is 3.03. The second-order valence-corrected chi connectivity index (χ2v) is 2.23. The van der Waals surface area contributed by atoms with Crippen molar-refractivity contribution in [1.82, 2.24) is 0 Å². The van der Waals surface area contributed by atoms with Crippen LogP contribution in [0.2, 0.25) is 0 Å². The summed E-state index contributed by atoms with van der Waals surface area (Å²) < 4.78 is 0. The Balaban J connectivity index is 0.000000810. The Morgan fingerprint density at radius 3 is 1.80 bits per heavy atom. The molecular weight excluding hydrogens is 300 g/mol. The van der Waals surface area contributed by atoms with Crippen LogP contribution in [0.1, 0.15) is 0 Å². The zero-order chi connectivity index (χ0) is 6.69. The fourth-order valence-corrected chi connectivity index (χ4v) is 0.726. The summed E-state index contributed by atoms with van der Waals surface area (Å²) in [5.41, 5.74) is 1.25. The summed E-state index contributed by atoms with van der Waals surface area (Å²) in [5, 5.41) is 0. The van der Waals surface area contributed by atoms with E-state index >= 15 is 0 Å². The predicted octanol–water partition coefficient (Wildman–Crippen LogP) is 1.75. The zero-order valence-corrected chi connectivity index (χ0v) is 8.73. The number of nitrogens with zero attached hydrogens (tertiary/aromatic N) is 1. The fraction of sp³-hybridized carbons (Fsp3) is 0.250. The van der Waals surface area contributed by atoms with Crippen LogP contribution >= 0.6 is 0 Å². The van der Waals surface area contributed by atoms with E-state index in [2.05, 4.69) is 17.0 Å². The second kappa shape index (κ2) is 4.47. The van der Waals surface area contributed by atoms with Crippen molar-refractivity contribution in [3.8, 4) is 0 Å². The van der Waals surface area contributed by atoms with Crippen LogP contribution in [-0.2, 0) is 19.8 Å². The van der Waals surface area contributed by atoms with E-state index in [-0.39, 0.29) is 19.8 Å². The normalized spacial score (nSPS) is 8.20. The number of anilines is 1. The van der Waals surface area contributed by atoms with E-state index in [1.54, 1.807) is 0 Å². The van der Waals surface area contributed by atoms with Crippen molar-refractivity contribution in [2.45, 2.75) is 0 Å². The second-order valence-electron chi connectivity index (χ2n) is 2.23. The molecule has 0 atom stereocenters. The SMILES string of the molecule is CN(C)c1ccccc1.[Os+4]. The first kappa shape index (κ1) is 9.66. The minimum absolute atomic E-state index is 0. The Bertz CT molecular complexity index is 172. The number of para-hydroxylation sites is 1. The van der Waals surface area contributed by atoms with Crippen molar-refractivity contribution in [2.75, 3.05) is 19.0 Å². The summed E-state index contributed by atoms with van der Waals surface area (Å²) in [6.07, 6.45) is 0. The van der Waals surface area contributed by atoms with Gasteiger partial charge in [-0.1, -0.05) is 18.2 Å². The summed E-state index contributed by atoms with van der Waals surface area (Å²) in [5.74, 6) is 0. The molecule has 0 spiro atoms. The van der Waals surface area contributed by atoms with Gasteiger partial charge in [0.15, 0.2) is 0 Å². The molecule has 0 heterocycles.